The number of nitrogens with one attached hydrogen (secondary N) is 1. The van der Waals surface area contributed by atoms with Gasteiger partial charge in [0.2, 0.25) is 0 Å². The average Bonchev–Trinajstić information content (AvgIpc) is 2.99. The van der Waals surface area contributed by atoms with Gasteiger partial charge < -0.3 is 10.1 Å². The number of carbonyl (C=O) groups is 1. The second kappa shape index (κ2) is 7.33. The summed E-state index contributed by atoms with van der Waals surface area (Å²) in [6, 6.07) is 6.31. The normalized spacial score (nSPS) is 12.9. The highest BCUT2D eigenvalue weighted by Gasteiger charge is 2.44. The average molecular weight is 345 g/mol. The summed E-state index contributed by atoms with van der Waals surface area (Å²) >= 11 is 0. The topological polar surface area (TPSA) is 56.2 Å². The maximum atomic E-state index is 13.1. The molecule has 24 heavy (non-hydrogen) atoms. The molecule has 0 saturated heterocycles. The first-order chi connectivity index (χ1) is 11.3. The van der Waals surface area contributed by atoms with Crippen LogP contribution in [0.2, 0.25) is 0 Å². The third-order valence-corrected chi connectivity index (χ3v) is 3.03. The Bertz CT molecular complexity index is 677. The Morgan fingerprint density at radius 1 is 1.33 bits per heavy atom. The van der Waals surface area contributed by atoms with Crippen molar-refractivity contribution < 1.29 is 27.1 Å². The fourth-order valence-corrected chi connectivity index (χ4v) is 1.97. The van der Waals surface area contributed by atoms with Crippen molar-refractivity contribution in [1.82, 2.24) is 15.1 Å². The van der Waals surface area contributed by atoms with Gasteiger partial charge in [-0.15, -0.1) is 0 Å². The fraction of sp³-hybridized carbons (Fsp3) is 0.333. The van der Waals surface area contributed by atoms with E-state index in [1.165, 1.54) is 18.2 Å². The van der Waals surface area contributed by atoms with E-state index in [-0.39, 0.29) is 11.6 Å². The quantitative estimate of drug-likeness (QED) is 0.785. The summed E-state index contributed by atoms with van der Waals surface area (Å²) in [6.07, 6.45) is -5.42. The molecule has 1 N–H and O–H groups in total. The van der Waals surface area contributed by atoms with Gasteiger partial charge in [-0.25, -0.2) is 0 Å². The number of alkyl halides is 4. The molecular weight excluding hydrogens is 330 g/mol. The van der Waals surface area contributed by atoms with Crippen molar-refractivity contribution in [3.8, 4) is 5.75 Å². The molecule has 0 unspecified atom stereocenters. The molecule has 1 aromatic carbocycles. The molecule has 2 aromatic rings. The van der Waals surface area contributed by atoms with Crippen LogP contribution >= 0.6 is 0 Å². The lowest BCUT2D eigenvalue weighted by molar-refractivity contribution is -0.253. The van der Waals surface area contributed by atoms with Gasteiger partial charge in [-0.2, -0.15) is 22.7 Å². The Hall–Kier alpha value is -2.58. The lowest BCUT2D eigenvalue weighted by atomic mass is 10.1. The molecule has 0 saturated carbocycles. The Labute approximate surface area is 135 Å². The van der Waals surface area contributed by atoms with Gasteiger partial charge in [0.1, 0.15) is 5.75 Å². The molecular formula is C15H15F4N3O2. The number of aromatic nitrogens is 2. The van der Waals surface area contributed by atoms with E-state index in [9.17, 15) is 22.4 Å². The lowest BCUT2D eigenvalue weighted by Gasteiger charge is -2.20. The summed E-state index contributed by atoms with van der Waals surface area (Å²) < 4.78 is 56.3. The highest BCUT2D eigenvalue weighted by Crippen LogP contribution is 2.29. The van der Waals surface area contributed by atoms with Crippen molar-refractivity contribution in [2.45, 2.75) is 32.0 Å². The smallest absolute Gasteiger partial charge is 0.427 e. The Balaban J connectivity index is 2.09. The van der Waals surface area contributed by atoms with Crippen LogP contribution in [0.5, 0.6) is 5.75 Å². The highest BCUT2D eigenvalue weighted by atomic mass is 19.3. The van der Waals surface area contributed by atoms with E-state index < -0.39 is 24.2 Å². The van der Waals surface area contributed by atoms with Crippen molar-refractivity contribution in [3.63, 3.8) is 0 Å². The Kier molecular flexibility index (Phi) is 5.42. The largest absolute Gasteiger partial charge is 0.461 e. The summed E-state index contributed by atoms with van der Waals surface area (Å²) in [5, 5.41) is 6.56. The minimum atomic E-state index is -4.68. The van der Waals surface area contributed by atoms with Crippen LogP contribution in [0.1, 0.15) is 17.3 Å². The summed E-state index contributed by atoms with van der Waals surface area (Å²) in [7, 11) is 0. The van der Waals surface area contributed by atoms with Gasteiger partial charge >= 0.3 is 12.5 Å². The van der Waals surface area contributed by atoms with Crippen LogP contribution < -0.4 is 10.1 Å². The SMILES string of the molecule is C[C@@H](Cn1cccn1)NC(=O)c1ccccc1OC(F)(F)C(F)F. The van der Waals surface area contributed by atoms with Crippen molar-refractivity contribution in [2.75, 3.05) is 0 Å². The number of rotatable bonds is 7. The van der Waals surface area contributed by atoms with Gasteiger partial charge in [0, 0.05) is 18.4 Å². The van der Waals surface area contributed by atoms with Crippen LogP contribution in [-0.4, -0.2) is 34.3 Å². The van der Waals surface area contributed by atoms with Crippen molar-refractivity contribution >= 4 is 5.91 Å². The molecule has 0 aliphatic heterocycles. The van der Waals surface area contributed by atoms with E-state index in [1.807, 2.05) is 0 Å². The third-order valence-electron chi connectivity index (χ3n) is 3.03. The minimum absolute atomic E-state index is 0.259. The van der Waals surface area contributed by atoms with Gasteiger partial charge in [0.25, 0.3) is 5.91 Å². The molecule has 1 heterocycles. The molecule has 1 amide bonds. The van der Waals surface area contributed by atoms with Crippen LogP contribution in [0.25, 0.3) is 0 Å². The van der Waals surface area contributed by atoms with E-state index in [4.69, 9.17) is 0 Å². The van der Waals surface area contributed by atoms with E-state index in [0.29, 0.717) is 6.54 Å². The van der Waals surface area contributed by atoms with Crippen LogP contribution in [0.3, 0.4) is 0 Å². The summed E-state index contributed by atoms with van der Waals surface area (Å²) in [6.45, 7) is 2.05. The first-order valence-electron chi connectivity index (χ1n) is 7.02. The van der Waals surface area contributed by atoms with Crippen LogP contribution in [0.4, 0.5) is 17.6 Å². The number of para-hydroxylation sites is 1. The third kappa shape index (κ3) is 4.46. The number of nitrogens with zero attached hydrogens (tertiary/aromatic N) is 2. The molecule has 0 aliphatic rings. The fourth-order valence-electron chi connectivity index (χ4n) is 1.97. The van der Waals surface area contributed by atoms with Crippen molar-refractivity contribution in [1.29, 1.82) is 0 Å². The van der Waals surface area contributed by atoms with E-state index >= 15 is 0 Å². The van der Waals surface area contributed by atoms with Crippen molar-refractivity contribution in [2.24, 2.45) is 0 Å². The van der Waals surface area contributed by atoms with Gasteiger partial charge in [-0.05, 0) is 25.1 Å². The number of halogens is 4. The van der Waals surface area contributed by atoms with Gasteiger partial charge in [-0.1, -0.05) is 12.1 Å². The van der Waals surface area contributed by atoms with E-state index in [2.05, 4.69) is 15.2 Å². The monoisotopic (exact) mass is 345 g/mol. The standard InChI is InChI=1S/C15H15F4N3O2/c1-10(9-22-8-4-7-20-22)21-13(23)11-5-2-3-6-12(11)24-15(18,19)14(16)17/h2-8,10,14H,9H2,1H3,(H,21,23)/t10-/m0/s1. The number of amides is 1. The molecule has 1 atom stereocenters. The zero-order valence-corrected chi connectivity index (χ0v) is 12.6. The van der Waals surface area contributed by atoms with Crippen LogP contribution in [-0.2, 0) is 6.54 Å². The first kappa shape index (κ1) is 17.8. The molecule has 5 nitrogen and oxygen atoms in total. The van der Waals surface area contributed by atoms with Crippen LogP contribution in [0.15, 0.2) is 42.7 Å². The van der Waals surface area contributed by atoms with Gasteiger partial charge in [0.15, 0.2) is 0 Å². The molecule has 0 fully saturated rings. The van der Waals surface area contributed by atoms with Gasteiger partial charge in [0.05, 0.1) is 12.1 Å². The molecule has 0 spiro atoms. The Morgan fingerprint density at radius 3 is 2.67 bits per heavy atom. The summed E-state index contributed by atoms with van der Waals surface area (Å²) in [5.41, 5.74) is -0.259. The zero-order chi connectivity index (χ0) is 17.7. The first-order valence-corrected chi connectivity index (χ1v) is 7.02. The zero-order valence-electron chi connectivity index (χ0n) is 12.6. The molecule has 2 rings (SSSR count). The molecule has 0 bridgehead atoms. The highest BCUT2D eigenvalue weighted by molar-refractivity contribution is 5.97. The van der Waals surface area contributed by atoms with Crippen molar-refractivity contribution in [3.05, 3.63) is 48.3 Å². The van der Waals surface area contributed by atoms with E-state index in [1.54, 1.807) is 30.1 Å². The maximum Gasteiger partial charge on any atom is 0.461 e. The summed E-state index contributed by atoms with van der Waals surface area (Å²) in [4.78, 5) is 12.2. The molecule has 0 aliphatic carbocycles. The second-order valence-corrected chi connectivity index (χ2v) is 5.06. The molecule has 1 aromatic heterocycles. The van der Waals surface area contributed by atoms with E-state index in [0.717, 1.165) is 6.07 Å². The maximum absolute atomic E-state index is 13.1. The predicted molar refractivity (Wildman–Crippen MR) is 77.2 cm³/mol. The molecule has 9 heteroatoms. The van der Waals surface area contributed by atoms with Crippen LogP contribution in [0, 0.1) is 0 Å². The predicted octanol–water partition coefficient (Wildman–Crippen LogP) is 2.94. The second-order valence-electron chi connectivity index (χ2n) is 5.06. The number of ether oxygens (including phenoxy) is 1. The number of carbonyl (C=O) groups excluding carboxylic acids is 1. The minimum Gasteiger partial charge on any atom is -0.427 e. The molecule has 130 valence electrons. The summed E-state index contributed by atoms with van der Waals surface area (Å²) in [5.74, 6) is -1.33. The van der Waals surface area contributed by atoms with Gasteiger partial charge in [-0.3, -0.25) is 9.48 Å². The lowest BCUT2D eigenvalue weighted by Crippen LogP contribution is -2.37. The Morgan fingerprint density at radius 2 is 2.04 bits per heavy atom. The molecule has 0 radical (unpaired) electrons. The number of hydrogen-bond acceptors (Lipinski definition) is 3. The number of benzene rings is 1. The number of hydrogen-bond donors (Lipinski definition) is 1.